The molecule has 0 saturated heterocycles. The van der Waals surface area contributed by atoms with E-state index in [2.05, 4.69) is 20.5 Å². The Kier molecular flexibility index (Phi) is 5.67. The first-order valence-corrected chi connectivity index (χ1v) is 11.3. The summed E-state index contributed by atoms with van der Waals surface area (Å²) in [5.74, 6) is -0.0691. The molecule has 0 atom stereocenters. The Hall–Kier alpha value is -2.98. The molecule has 10 heteroatoms. The van der Waals surface area contributed by atoms with Crippen LogP contribution in [-0.4, -0.2) is 25.7 Å². The highest BCUT2D eigenvalue weighted by Crippen LogP contribution is 2.35. The smallest absolute Gasteiger partial charge is 0.263 e. The van der Waals surface area contributed by atoms with Gasteiger partial charge in [-0.25, -0.2) is 9.37 Å². The lowest BCUT2D eigenvalue weighted by Crippen LogP contribution is -2.30. The predicted molar refractivity (Wildman–Crippen MR) is 121 cm³/mol. The van der Waals surface area contributed by atoms with Crippen LogP contribution in [0.25, 0.3) is 21.3 Å². The molecule has 1 aromatic carbocycles. The maximum absolute atomic E-state index is 13.4. The maximum Gasteiger partial charge on any atom is 0.263 e. The number of aromatic nitrogens is 4. The minimum absolute atomic E-state index is 0.193. The SMILES string of the molecule is Cc1sc2nc(C)n(CC(=O)Nc3nnc(C(C)C)s3)c(=O)c2c1-c1ccc(F)cc1. The number of aryl methyl sites for hydroxylation is 2. The molecule has 4 rings (SSSR count). The highest BCUT2D eigenvalue weighted by molar-refractivity contribution is 7.19. The average molecular weight is 458 g/mol. The van der Waals surface area contributed by atoms with Gasteiger partial charge in [0.25, 0.3) is 5.56 Å². The third-order valence-electron chi connectivity index (χ3n) is 4.79. The Morgan fingerprint density at radius 3 is 2.52 bits per heavy atom. The van der Waals surface area contributed by atoms with Crippen LogP contribution in [0.1, 0.15) is 35.5 Å². The van der Waals surface area contributed by atoms with Gasteiger partial charge in [-0.3, -0.25) is 19.5 Å². The number of carbonyl (C=O) groups excluding carboxylic acids is 1. The second-order valence-corrected chi connectivity index (χ2v) is 9.63. The molecule has 0 spiro atoms. The molecule has 1 N–H and O–H groups in total. The molecule has 3 heterocycles. The van der Waals surface area contributed by atoms with Crippen molar-refractivity contribution in [2.75, 3.05) is 5.32 Å². The highest BCUT2D eigenvalue weighted by Gasteiger charge is 2.20. The Bertz CT molecular complexity index is 1340. The van der Waals surface area contributed by atoms with Crippen molar-refractivity contribution < 1.29 is 9.18 Å². The molecule has 0 radical (unpaired) electrons. The number of hydrogen-bond acceptors (Lipinski definition) is 7. The van der Waals surface area contributed by atoms with Crippen LogP contribution in [0.15, 0.2) is 29.1 Å². The zero-order chi connectivity index (χ0) is 22.3. The van der Waals surface area contributed by atoms with Gasteiger partial charge < -0.3 is 0 Å². The monoisotopic (exact) mass is 457 g/mol. The third-order valence-corrected chi connectivity index (χ3v) is 6.93. The first-order valence-electron chi connectivity index (χ1n) is 9.64. The van der Waals surface area contributed by atoms with Crippen LogP contribution < -0.4 is 10.9 Å². The fourth-order valence-electron chi connectivity index (χ4n) is 3.27. The number of amides is 1. The number of rotatable bonds is 5. The van der Waals surface area contributed by atoms with Crippen LogP contribution in [-0.2, 0) is 11.3 Å². The molecule has 0 bridgehead atoms. The van der Waals surface area contributed by atoms with Gasteiger partial charge in [0.05, 0.1) is 5.39 Å². The molecule has 4 aromatic rings. The number of nitrogens with zero attached hydrogens (tertiary/aromatic N) is 4. The van der Waals surface area contributed by atoms with E-state index in [-0.39, 0.29) is 29.7 Å². The molecular weight excluding hydrogens is 437 g/mol. The van der Waals surface area contributed by atoms with Crippen LogP contribution in [0.4, 0.5) is 9.52 Å². The second-order valence-electron chi connectivity index (χ2n) is 7.42. The van der Waals surface area contributed by atoms with Crippen LogP contribution in [0, 0.1) is 19.7 Å². The summed E-state index contributed by atoms with van der Waals surface area (Å²) in [7, 11) is 0. The lowest BCUT2D eigenvalue weighted by Gasteiger charge is -2.10. The van der Waals surface area contributed by atoms with Gasteiger partial charge in [-0.1, -0.05) is 37.3 Å². The Morgan fingerprint density at radius 1 is 1.16 bits per heavy atom. The number of thiophene rings is 1. The van der Waals surface area contributed by atoms with Crippen molar-refractivity contribution in [3.8, 4) is 11.1 Å². The number of carbonyl (C=O) groups is 1. The zero-order valence-electron chi connectivity index (χ0n) is 17.4. The second kappa shape index (κ2) is 8.27. The maximum atomic E-state index is 13.4. The minimum Gasteiger partial charge on any atom is -0.299 e. The van der Waals surface area contributed by atoms with Crippen molar-refractivity contribution in [3.63, 3.8) is 0 Å². The van der Waals surface area contributed by atoms with Crippen molar-refractivity contribution in [2.24, 2.45) is 0 Å². The average Bonchev–Trinajstić information content (AvgIpc) is 3.30. The largest absolute Gasteiger partial charge is 0.299 e. The highest BCUT2D eigenvalue weighted by atomic mass is 32.1. The fraction of sp³-hybridized carbons (Fsp3) is 0.286. The number of nitrogens with one attached hydrogen (secondary N) is 1. The molecule has 0 unspecified atom stereocenters. The number of fused-ring (bicyclic) bond motifs is 1. The Labute approximate surface area is 185 Å². The summed E-state index contributed by atoms with van der Waals surface area (Å²) in [5, 5.41) is 12.4. The van der Waals surface area contributed by atoms with Gasteiger partial charge in [-0.15, -0.1) is 21.5 Å². The van der Waals surface area contributed by atoms with E-state index in [1.165, 1.54) is 39.4 Å². The van der Waals surface area contributed by atoms with Crippen molar-refractivity contribution in [1.82, 2.24) is 19.7 Å². The Balaban J connectivity index is 1.71. The van der Waals surface area contributed by atoms with E-state index in [1.807, 2.05) is 20.8 Å². The molecule has 31 heavy (non-hydrogen) atoms. The quantitative estimate of drug-likeness (QED) is 0.477. The summed E-state index contributed by atoms with van der Waals surface area (Å²) in [5.41, 5.74) is 1.15. The minimum atomic E-state index is -0.381. The molecule has 0 aliphatic heterocycles. The topological polar surface area (TPSA) is 89.8 Å². The summed E-state index contributed by atoms with van der Waals surface area (Å²) in [6.45, 7) is 7.40. The van der Waals surface area contributed by atoms with E-state index < -0.39 is 0 Å². The first-order chi connectivity index (χ1) is 14.7. The molecule has 160 valence electrons. The number of halogens is 1. The molecule has 0 fully saturated rings. The molecule has 0 aliphatic carbocycles. The van der Waals surface area contributed by atoms with Crippen LogP contribution >= 0.6 is 22.7 Å². The molecule has 0 saturated carbocycles. The summed E-state index contributed by atoms with van der Waals surface area (Å²) < 4.78 is 14.7. The van der Waals surface area contributed by atoms with E-state index >= 15 is 0 Å². The summed E-state index contributed by atoms with van der Waals surface area (Å²) in [6, 6.07) is 6.00. The standard InChI is InChI=1S/C21H20FN5O2S2/c1-10(2)18-25-26-21(31-18)24-15(28)9-27-12(4)23-19-17(20(27)29)16(11(3)30-19)13-5-7-14(22)8-6-13/h5-8,10H,9H2,1-4H3,(H,24,26,28). The van der Waals surface area contributed by atoms with Gasteiger partial charge in [0.2, 0.25) is 11.0 Å². The number of benzene rings is 1. The van der Waals surface area contributed by atoms with Crippen molar-refractivity contribution in [2.45, 2.75) is 40.2 Å². The lowest BCUT2D eigenvalue weighted by molar-refractivity contribution is -0.116. The summed E-state index contributed by atoms with van der Waals surface area (Å²) in [6.07, 6.45) is 0. The van der Waals surface area contributed by atoms with Gasteiger partial charge in [0.1, 0.15) is 28.0 Å². The Morgan fingerprint density at radius 2 is 1.87 bits per heavy atom. The van der Waals surface area contributed by atoms with E-state index in [0.717, 1.165) is 21.0 Å². The van der Waals surface area contributed by atoms with Gasteiger partial charge in [-0.2, -0.15) is 0 Å². The van der Waals surface area contributed by atoms with E-state index in [4.69, 9.17) is 0 Å². The van der Waals surface area contributed by atoms with E-state index in [0.29, 0.717) is 21.2 Å². The van der Waals surface area contributed by atoms with Gasteiger partial charge in [-0.05, 0) is 31.5 Å². The van der Waals surface area contributed by atoms with Crippen LogP contribution in [0.5, 0.6) is 0 Å². The van der Waals surface area contributed by atoms with Crippen molar-refractivity contribution >= 4 is 43.9 Å². The normalized spacial score (nSPS) is 11.4. The third kappa shape index (κ3) is 4.13. The van der Waals surface area contributed by atoms with Crippen molar-refractivity contribution in [1.29, 1.82) is 0 Å². The van der Waals surface area contributed by atoms with E-state index in [1.54, 1.807) is 19.1 Å². The van der Waals surface area contributed by atoms with Crippen molar-refractivity contribution in [3.05, 3.63) is 56.1 Å². The molecule has 3 aromatic heterocycles. The fourth-order valence-corrected chi connectivity index (χ4v) is 5.11. The predicted octanol–water partition coefficient (Wildman–Crippen LogP) is 4.49. The van der Waals surface area contributed by atoms with E-state index in [9.17, 15) is 14.0 Å². The molecule has 0 aliphatic rings. The zero-order valence-corrected chi connectivity index (χ0v) is 19.0. The summed E-state index contributed by atoms with van der Waals surface area (Å²) in [4.78, 5) is 32.0. The molecule has 7 nitrogen and oxygen atoms in total. The first kappa shape index (κ1) is 21.3. The lowest BCUT2D eigenvalue weighted by atomic mass is 10.0. The summed E-state index contributed by atoms with van der Waals surface area (Å²) >= 11 is 2.72. The number of anilines is 1. The molecular formula is C21H20FN5O2S2. The van der Waals surface area contributed by atoms with Gasteiger partial charge in [0, 0.05) is 16.4 Å². The van der Waals surface area contributed by atoms with Gasteiger partial charge >= 0.3 is 0 Å². The molecule has 1 amide bonds. The van der Waals surface area contributed by atoms with Crippen LogP contribution in [0.2, 0.25) is 0 Å². The van der Waals surface area contributed by atoms with Gasteiger partial charge in [0.15, 0.2) is 0 Å². The number of hydrogen-bond donors (Lipinski definition) is 1. The van der Waals surface area contributed by atoms with Crippen LogP contribution in [0.3, 0.4) is 0 Å².